The third kappa shape index (κ3) is 3.33. The highest BCUT2D eigenvalue weighted by Crippen LogP contribution is 2.43. The van der Waals surface area contributed by atoms with Gasteiger partial charge in [-0.2, -0.15) is 0 Å². The van der Waals surface area contributed by atoms with Crippen LogP contribution in [0.25, 0.3) is 0 Å². The zero-order valence-corrected chi connectivity index (χ0v) is 14.6. The molecule has 1 aliphatic heterocycles. The summed E-state index contributed by atoms with van der Waals surface area (Å²) in [7, 11) is 0. The number of rotatable bonds is 5. The van der Waals surface area contributed by atoms with Crippen LogP contribution in [0.5, 0.6) is 0 Å². The predicted octanol–water partition coefficient (Wildman–Crippen LogP) is 4.23. The Labute approximate surface area is 143 Å². The number of carboxylic acid groups (broad SMARTS) is 1. The second-order valence-corrected chi connectivity index (χ2v) is 7.63. The van der Waals surface area contributed by atoms with Crippen LogP contribution in [0.3, 0.4) is 0 Å². The van der Waals surface area contributed by atoms with Crippen LogP contribution >= 0.6 is 0 Å². The Morgan fingerprint density at radius 2 is 1.92 bits per heavy atom. The van der Waals surface area contributed by atoms with Crippen LogP contribution in [0, 0.1) is 5.41 Å². The third-order valence-electron chi connectivity index (χ3n) is 5.65. The molecule has 1 heterocycles. The fourth-order valence-electron chi connectivity index (χ4n) is 4.06. The molecule has 1 aromatic rings. The van der Waals surface area contributed by atoms with Gasteiger partial charge in [-0.1, -0.05) is 56.5 Å². The van der Waals surface area contributed by atoms with Gasteiger partial charge in [0.25, 0.3) is 0 Å². The number of nitrogens with zero attached hydrogens (tertiary/aromatic N) is 1. The van der Waals surface area contributed by atoms with Gasteiger partial charge in [-0.05, 0) is 25.3 Å². The van der Waals surface area contributed by atoms with Gasteiger partial charge in [-0.3, -0.25) is 4.79 Å². The van der Waals surface area contributed by atoms with Crippen molar-refractivity contribution in [2.75, 3.05) is 0 Å². The standard InChI is InChI=1S/C20H27NO3/c1-15-20(14-17(22)23,13-16-9-5-3-6-10-16)21-18(24-15)19(2)11-7-4-8-12-19/h3,5-6,9-10,15H,4,7-8,11-14H2,1-2H3,(H,22,23). The van der Waals surface area contributed by atoms with E-state index in [1.54, 1.807) is 0 Å². The van der Waals surface area contributed by atoms with Crippen molar-refractivity contribution in [2.45, 2.75) is 70.4 Å². The minimum Gasteiger partial charge on any atom is -0.481 e. The molecule has 0 amide bonds. The van der Waals surface area contributed by atoms with E-state index in [9.17, 15) is 9.90 Å². The van der Waals surface area contributed by atoms with Gasteiger partial charge in [0.15, 0.2) is 5.90 Å². The number of hydrogen-bond donors (Lipinski definition) is 1. The van der Waals surface area contributed by atoms with Crippen molar-refractivity contribution >= 4 is 11.9 Å². The van der Waals surface area contributed by atoms with Crippen molar-refractivity contribution in [3.05, 3.63) is 35.9 Å². The summed E-state index contributed by atoms with van der Waals surface area (Å²) in [5, 5.41) is 9.47. The normalized spacial score (nSPS) is 28.9. The Morgan fingerprint density at radius 1 is 1.25 bits per heavy atom. The monoisotopic (exact) mass is 329 g/mol. The predicted molar refractivity (Wildman–Crippen MR) is 94.3 cm³/mol. The molecule has 2 atom stereocenters. The molecular formula is C20H27NO3. The van der Waals surface area contributed by atoms with Gasteiger partial charge in [0, 0.05) is 11.8 Å². The molecule has 1 aromatic carbocycles. The van der Waals surface area contributed by atoms with Crippen molar-refractivity contribution in [1.29, 1.82) is 0 Å². The van der Waals surface area contributed by atoms with Gasteiger partial charge in [0.1, 0.15) is 11.6 Å². The summed E-state index contributed by atoms with van der Waals surface area (Å²) < 4.78 is 6.18. The largest absolute Gasteiger partial charge is 0.481 e. The molecule has 1 fully saturated rings. The van der Waals surface area contributed by atoms with Crippen LogP contribution in [0.2, 0.25) is 0 Å². The van der Waals surface area contributed by atoms with Gasteiger partial charge in [0.2, 0.25) is 0 Å². The molecule has 0 spiro atoms. The average molecular weight is 329 g/mol. The maximum Gasteiger partial charge on any atom is 0.305 e. The van der Waals surface area contributed by atoms with Crippen LogP contribution in [0.4, 0.5) is 0 Å². The highest BCUT2D eigenvalue weighted by atomic mass is 16.5. The minimum atomic E-state index is -0.819. The van der Waals surface area contributed by atoms with Gasteiger partial charge in [0.05, 0.1) is 6.42 Å². The summed E-state index contributed by atoms with van der Waals surface area (Å²) in [6, 6.07) is 10.0. The molecule has 0 bridgehead atoms. The smallest absolute Gasteiger partial charge is 0.305 e. The maximum absolute atomic E-state index is 11.5. The Bertz CT molecular complexity index is 619. The highest BCUT2D eigenvalue weighted by molar-refractivity contribution is 5.85. The zero-order valence-electron chi connectivity index (χ0n) is 14.6. The number of ether oxygens (including phenoxy) is 1. The van der Waals surface area contributed by atoms with Gasteiger partial charge in [-0.25, -0.2) is 4.99 Å². The second kappa shape index (κ2) is 6.58. The zero-order chi connectivity index (χ0) is 17.2. The summed E-state index contributed by atoms with van der Waals surface area (Å²) in [6.07, 6.45) is 6.18. The maximum atomic E-state index is 11.5. The topological polar surface area (TPSA) is 58.9 Å². The number of benzene rings is 1. The number of carbonyl (C=O) groups is 1. The quantitative estimate of drug-likeness (QED) is 0.879. The molecular weight excluding hydrogens is 302 g/mol. The summed E-state index contributed by atoms with van der Waals surface area (Å²) >= 11 is 0. The lowest BCUT2D eigenvalue weighted by Crippen LogP contribution is -2.40. The van der Waals surface area contributed by atoms with Crippen LogP contribution < -0.4 is 0 Å². The SMILES string of the molecule is CC1OC(C2(C)CCCCC2)=NC1(CC(=O)O)Cc1ccccc1. The van der Waals surface area contributed by atoms with Crippen LogP contribution in [0.1, 0.15) is 57.9 Å². The van der Waals surface area contributed by atoms with Crippen LogP contribution in [-0.2, 0) is 16.0 Å². The van der Waals surface area contributed by atoms with Crippen molar-refractivity contribution < 1.29 is 14.6 Å². The fourth-order valence-corrected chi connectivity index (χ4v) is 4.06. The van der Waals surface area contributed by atoms with E-state index >= 15 is 0 Å². The lowest BCUT2D eigenvalue weighted by molar-refractivity contribution is -0.139. The first kappa shape index (κ1) is 17.0. The van der Waals surface area contributed by atoms with Gasteiger partial charge >= 0.3 is 5.97 Å². The molecule has 1 N–H and O–H groups in total. The van der Waals surface area contributed by atoms with Crippen molar-refractivity contribution in [2.24, 2.45) is 10.4 Å². The van der Waals surface area contributed by atoms with Crippen molar-refractivity contribution in [1.82, 2.24) is 0 Å². The number of carboxylic acids is 1. The average Bonchev–Trinajstić information content (AvgIpc) is 2.86. The molecule has 0 saturated heterocycles. The first-order valence-corrected chi connectivity index (χ1v) is 8.96. The lowest BCUT2D eigenvalue weighted by atomic mass is 9.75. The lowest BCUT2D eigenvalue weighted by Gasteiger charge is -2.32. The van der Waals surface area contributed by atoms with Crippen LogP contribution in [-0.4, -0.2) is 28.6 Å². The van der Waals surface area contributed by atoms with E-state index in [2.05, 4.69) is 6.92 Å². The first-order chi connectivity index (χ1) is 11.4. The summed E-state index contributed by atoms with van der Waals surface area (Å²) in [5.74, 6) is -0.0351. The molecule has 1 saturated carbocycles. The Hall–Kier alpha value is -1.84. The van der Waals surface area contributed by atoms with Gasteiger partial charge in [-0.15, -0.1) is 0 Å². The Balaban J connectivity index is 1.93. The molecule has 1 aliphatic carbocycles. The Morgan fingerprint density at radius 3 is 2.54 bits per heavy atom. The molecule has 4 nitrogen and oxygen atoms in total. The summed E-state index contributed by atoms with van der Waals surface area (Å²) in [4.78, 5) is 16.5. The molecule has 0 radical (unpaired) electrons. The van der Waals surface area contributed by atoms with Crippen molar-refractivity contribution in [3.8, 4) is 0 Å². The molecule has 2 unspecified atom stereocenters. The second-order valence-electron chi connectivity index (χ2n) is 7.63. The van der Waals surface area contributed by atoms with Crippen molar-refractivity contribution in [3.63, 3.8) is 0 Å². The summed E-state index contributed by atoms with van der Waals surface area (Å²) in [6.45, 7) is 4.19. The van der Waals surface area contributed by atoms with E-state index in [-0.39, 0.29) is 17.9 Å². The summed E-state index contributed by atoms with van der Waals surface area (Å²) in [5.41, 5.74) is 0.361. The van der Waals surface area contributed by atoms with E-state index < -0.39 is 11.5 Å². The molecule has 130 valence electrons. The number of hydrogen-bond acceptors (Lipinski definition) is 3. The molecule has 3 rings (SSSR count). The van der Waals surface area contributed by atoms with Crippen LogP contribution in [0.15, 0.2) is 35.3 Å². The van der Waals surface area contributed by atoms with E-state index in [0.29, 0.717) is 6.42 Å². The van der Waals surface area contributed by atoms with Gasteiger partial charge < -0.3 is 9.84 Å². The minimum absolute atomic E-state index is 0.00262. The van der Waals surface area contributed by atoms with E-state index in [1.165, 1.54) is 19.3 Å². The van der Waals surface area contributed by atoms with E-state index in [4.69, 9.17) is 9.73 Å². The number of aliphatic carboxylic acids is 1. The molecule has 4 heteroatoms. The highest BCUT2D eigenvalue weighted by Gasteiger charge is 2.49. The van der Waals surface area contributed by atoms with E-state index in [0.717, 1.165) is 24.3 Å². The molecule has 24 heavy (non-hydrogen) atoms. The fraction of sp³-hybridized carbons (Fsp3) is 0.600. The van der Waals surface area contributed by atoms with E-state index in [1.807, 2.05) is 37.3 Å². The first-order valence-electron chi connectivity index (χ1n) is 8.96. The Kier molecular flexibility index (Phi) is 4.66. The molecule has 2 aliphatic rings. The molecule has 0 aromatic heterocycles. The number of aliphatic imine (C=N–C) groups is 1. The third-order valence-corrected chi connectivity index (χ3v) is 5.65.